The maximum Gasteiger partial charge on any atom is 0.270 e. The molecular weight excluding hydrogens is 314 g/mol. The highest BCUT2D eigenvalue weighted by Crippen LogP contribution is 2.22. The molecule has 1 N–H and O–H groups in total. The molecule has 0 saturated heterocycles. The van der Waals surface area contributed by atoms with Gasteiger partial charge in [0.05, 0.1) is 12.3 Å². The number of carbonyl (C=O) groups excluding carboxylic acids is 1. The summed E-state index contributed by atoms with van der Waals surface area (Å²) in [5.74, 6) is 0.566. The summed E-state index contributed by atoms with van der Waals surface area (Å²) in [6.45, 7) is 7.02. The zero-order valence-corrected chi connectivity index (χ0v) is 14.9. The maximum absolute atomic E-state index is 12.8. The number of rotatable bonds is 6. The van der Waals surface area contributed by atoms with Crippen molar-refractivity contribution in [1.29, 1.82) is 0 Å². The van der Waals surface area contributed by atoms with E-state index >= 15 is 0 Å². The van der Waals surface area contributed by atoms with Gasteiger partial charge in [-0.2, -0.15) is 0 Å². The van der Waals surface area contributed by atoms with Crippen molar-refractivity contribution < 1.29 is 9.53 Å². The molecule has 0 fully saturated rings. The van der Waals surface area contributed by atoms with Crippen molar-refractivity contribution in [3.8, 4) is 5.75 Å². The number of fused-ring (bicyclic) bond motifs is 1. The monoisotopic (exact) mass is 337 g/mol. The molecule has 1 aromatic carbocycles. The van der Waals surface area contributed by atoms with Gasteiger partial charge < -0.3 is 10.1 Å². The molecule has 0 spiro atoms. The molecule has 0 aliphatic rings. The molecule has 3 aromatic rings. The molecule has 25 heavy (non-hydrogen) atoms. The van der Waals surface area contributed by atoms with Gasteiger partial charge in [-0.1, -0.05) is 36.8 Å². The third kappa shape index (κ3) is 3.50. The number of carbonyl (C=O) groups is 1. The van der Waals surface area contributed by atoms with Crippen LogP contribution in [0.2, 0.25) is 0 Å². The summed E-state index contributed by atoms with van der Waals surface area (Å²) >= 11 is 0. The normalized spacial score (nSPS) is 10.8. The fourth-order valence-electron chi connectivity index (χ4n) is 2.82. The van der Waals surface area contributed by atoms with Gasteiger partial charge in [0, 0.05) is 12.7 Å². The van der Waals surface area contributed by atoms with E-state index in [0.717, 1.165) is 11.3 Å². The topological polar surface area (TPSA) is 55.6 Å². The van der Waals surface area contributed by atoms with Crippen LogP contribution in [0.1, 0.15) is 41.2 Å². The molecule has 0 radical (unpaired) electrons. The van der Waals surface area contributed by atoms with Gasteiger partial charge >= 0.3 is 0 Å². The van der Waals surface area contributed by atoms with Crippen LogP contribution in [0.3, 0.4) is 0 Å². The SMILES string of the molecule is CCOc1cccn2c(C(=O)NCc3ccc(C)cc3)c(CC)nc12. The number of pyridine rings is 1. The highest BCUT2D eigenvalue weighted by atomic mass is 16.5. The van der Waals surface area contributed by atoms with E-state index < -0.39 is 0 Å². The Bertz CT molecular complexity index is 882. The number of ether oxygens (including phenoxy) is 1. The first kappa shape index (κ1) is 17.0. The lowest BCUT2D eigenvalue weighted by Crippen LogP contribution is -2.25. The Hall–Kier alpha value is -2.82. The molecule has 0 aliphatic carbocycles. The molecule has 0 aliphatic heterocycles. The molecule has 0 saturated carbocycles. The summed E-state index contributed by atoms with van der Waals surface area (Å²) in [7, 11) is 0. The van der Waals surface area contributed by atoms with Crippen molar-refractivity contribution in [2.75, 3.05) is 6.61 Å². The van der Waals surface area contributed by atoms with Crippen LogP contribution in [-0.4, -0.2) is 21.9 Å². The molecule has 1 amide bonds. The maximum atomic E-state index is 12.8. The second-order valence-corrected chi connectivity index (χ2v) is 5.93. The molecular formula is C20H23N3O2. The van der Waals surface area contributed by atoms with Crippen molar-refractivity contribution in [3.63, 3.8) is 0 Å². The Balaban J connectivity index is 1.89. The fourth-order valence-corrected chi connectivity index (χ4v) is 2.82. The number of amides is 1. The van der Waals surface area contributed by atoms with Crippen molar-refractivity contribution in [1.82, 2.24) is 14.7 Å². The number of nitrogens with zero attached hydrogens (tertiary/aromatic N) is 2. The summed E-state index contributed by atoms with van der Waals surface area (Å²) in [5, 5.41) is 3.00. The Kier molecular flexibility index (Phi) is 5.03. The minimum absolute atomic E-state index is 0.126. The minimum atomic E-state index is -0.126. The second-order valence-electron chi connectivity index (χ2n) is 5.93. The Morgan fingerprint density at radius 3 is 2.64 bits per heavy atom. The van der Waals surface area contributed by atoms with E-state index in [1.807, 2.05) is 67.8 Å². The number of imidazole rings is 1. The lowest BCUT2D eigenvalue weighted by molar-refractivity contribution is 0.0944. The molecule has 5 heteroatoms. The fraction of sp³-hybridized carbons (Fsp3) is 0.300. The first-order valence-corrected chi connectivity index (χ1v) is 8.60. The summed E-state index contributed by atoms with van der Waals surface area (Å²) in [6.07, 6.45) is 2.53. The van der Waals surface area contributed by atoms with Crippen LogP contribution in [-0.2, 0) is 13.0 Å². The average Bonchev–Trinajstić information content (AvgIpc) is 3.01. The third-order valence-electron chi connectivity index (χ3n) is 4.11. The van der Waals surface area contributed by atoms with E-state index in [-0.39, 0.29) is 5.91 Å². The van der Waals surface area contributed by atoms with Gasteiger partial charge in [-0.05, 0) is 38.0 Å². The smallest absolute Gasteiger partial charge is 0.270 e. The van der Waals surface area contributed by atoms with Crippen molar-refractivity contribution >= 4 is 11.6 Å². The van der Waals surface area contributed by atoms with Crippen LogP contribution in [0.15, 0.2) is 42.6 Å². The predicted octanol–water partition coefficient (Wildman–Crippen LogP) is 3.53. The van der Waals surface area contributed by atoms with Gasteiger partial charge in [0.15, 0.2) is 11.4 Å². The van der Waals surface area contributed by atoms with Gasteiger partial charge in [0.1, 0.15) is 5.69 Å². The zero-order valence-electron chi connectivity index (χ0n) is 14.9. The van der Waals surface area contributed by atoms with Crippen molar-refractivity contribution in [3.05, 3.63) is 65.1 Å². The lowest BCUT2D eigenvalue weighted by Gasteiger charge is -2.08. The Labute approximate surface area is 147 Å². The number of nitrogens with one attached hydrogen (secondary N) is 1. The Morgan fingerprint density at radius 1 is 1.20 bits per heavy atom. The molecule has 130 valence electrons. The van der Waals surface area contributed by atoms with E-state index in [1.165, 1.54) is 5.56 Å². The van der Waals surface area contributed by atoms with Gasteiger partial charge in [-0.25, -0.2) is 4.98 Å². The largest absolute Gasteiger partial charge is 0.490 e. The number of aromatic nitrogens is 2. The molecule has 2 heterocycles. The van der Waals surface area contributed by atoms with Crippen LogP contribution in [0.4, 0.5) is 0 Å². The highest BCUT2D eigenvalue weighted by molar-refractivity contribution is 5.95. The van der Waals surface area contributed by atoms with Crippen LogP contribution in [0, 0.1) is 6.92 Å². The summed E-state index contributed by atoms with van der Waals surface area (Å²) in [5.41, 5.74) is 4.30. The van der Waals surface area contributed by atoms with Gasteiger partial charge in [0.2, 0.25) is 0 Å². The lowest BCUT2D eigenvalue weighted by atomic mass is 10.1. The molecule has 0 unspecified atom stereocenters. The van der Waals surface area contributed by atoms with Gasteiger partial charge in [-0.3, -0.25) is 9.20 Å². The van der Waals surface area contributed by atoms with Crippen LogP contribution in [0.25, 0.3) is 5.65 Å². The first-order chi connectivity index (χ1) is 12.1. The number of benzene rings is 1. The van der Waals surface area contributed by atoms with E-state index in [0.29, 0.717) is 36.7 Å². The van der Waals surface area contributed by atoms with Crippen LogP contribution < -0.4 is 10.1 Å². The summed E-state index contributed by atoms with van der Waals surface area (Å²) < 4.78 is 7.45. The molecule has 5 nitrogen and oxygen atoms in total. The number of hydrogen-bond donors (Lipinski definition) is 1. The summed E-state index contributed by atoms with van der Waals surface area (Å²) in [6, 6.07) is 11.9. The molecule has 0 atom stereocenters. The predicted molar refractivity (Wildman–Crippen MR) is 98.1 cm³/mol. The third-order valence-corrected chi connectivity index (χ3v) is 4.11. The van der Waals surface area contributed by atoms with E-state index in [1.54, 1.807) is 0 Å². The minimum Gasteiger partial charge on any atom is -0.490 e. The van der Waals surface area contributed by atoms with Crippen molar-refractivity contribution in [2.24, 2.45) is 0 Å². The molecule has 0 bridgehead atoms. The number of aryl methyl sites for hydroxylation is 2. The number of hydrogen-bond acceptors (Lipinski definition) is 3. The van der Waals surface area contributed by atoms with Crippen LogP contribution in [0.5, 0.6) is 5.75 Å². The average molecular weight is 337 g/mol. The van der Waals surface area contributed by atoms with Gasteiger partial charge in [0.25, 0.3) is 5.91 Å². The first-order valence-electron chi connectivity index (χ1n) is 8.60. The van der Waals surface area contributed by atoms with E-state index in [4.69, 9.17) is 4.74 Å². The second kappa shape index (κ2) is 7.38. The van der Waals surface area contributed by atoms with E-state index in [9.17, 15) is 4.79 Å². The van der Waals surface area contributed by atoms with E-state index in [2.05, 4.69) is 10.3 Å². The molecule has 2 aromatic heterocycles. The molecule has 3 rings (SSSR count). The highest BCUT2D eigenvalue weighted by Gasteiger charge is 2.20. The summed E-state index contributed by atoms with van der Waals surface area (Å²) in [4.78, 5) is 17.4. The standard InChI is InChI=1S/C20H23N3O2/c1-4-16-18(20(24)21-13-15-10-8-14(3)9-11-15)23-12-6-7-17(25-5-2)19(23)22-16/h6-12H,4-5,13H2,1-3H3,(H,21,24). The Morgan fingerprint density at radius 2 is 1.96 bits per heavy atom. The zero-order chi connectivity index (χ0) is 17.8. The van der Waals surface area contributed by atoms with Gasteiger partial charge in [-0.15, -0.1) is 0 Å². The van der Waals surface area contributed by atoms with Crippen LogP contribution >= 0.6 is 0 Å². The van der Waals surface area contributed by atoms with Crippen molar-refractivity contribution in [2.45, 2.75) is 33.7 Å². The quantitative estimate of drug-likeness (QED) is 0.748.